The van der Waals surface area contributed by atoms with Crippen molar-refractivity contribution in [2.45, 2.75) is 50.7 Å². The van der Waals surface area contributed by atoms with Crippen molar-refractivity contribution in [1.82, 2.24) is 15.2 Å². The molecule has 3 rings (SSSR count). The van der Waals surface area contributed by atoms with E-state index in [-0.39, 0.29) is 0 Å². The molecule has 3 atom stereocenters. The van der Waals surface area contributed by atoms with E-state index in [0.717, 1.165) is 30.2 Å². The lowest BCUT2D eigenvalue weighted by Gasteiger charge is -2.36. The Morgan fingerprint density at radius 1 is 1.32 bits per heavy atom. The number of hydrogen-bond acceptors (Lipinski definition) is 3. The smallest absolute Gasteiger partial charge is 0.0570 e. The lowest BCUT2D eigenvalue weighted by Crippen LogP contribution is -2.42. The van der Waals surface area contributed by atoms with Gasteiger partial charge in [-0.15, -0.1) is 0 Å². The maximum atomic E-state index is 4.43. The van der Waals surface area contributed by atoms with Gasteiger partial charge in [0.05, 0.1) is 5.69 Å². The summed E-state index contributed by atoms with van der Waals surface area (Å²) in [6, 6.07) is 8.20. The van der Waals surface area contributed by atoms with Crippen LogP contribution in [-0.4, -0.2) is 35.6 Å². The molecule has 2 bridgehead atoms. The number of rotatable bonds is 4. The SMILES string of the molecule is CC(NCC1CC2CCC(C1)N2C)c1ccccn1. The van der Waals surface area contributed by atoms with Crippen LogP contribution >= 0.6 is 0 Å². The van der Waals surface area contributed by atoms with Crippen LogP contribution in [0.3, 0.4) is 0 Å². The number of hydrogen-bond donors (Lipinski definition) is 1. The van der Waals surface area contributed by atoms with Gasteiger partial charge < -0.3 is 10.2 Å². The molecule has 3 heteroatoms. The van der Waals surface area contributed by atoms with Gasteiger partial charge in [0.1, 0.15) is 0 Å². The highest BCUT2D eigenvalue weighted by atomic mass is 15.2. The summed E-state index contributed by atoms with van der Waals surface area (Å²) in [5.41, 5.74) is 1.15. The fourth-order valence-electron chi connectivity index (χ4n) is 3.77. The van der Waals surface area contributed by atoms with E-state index in [1.807, 2.05) is 12.3 Å². The van der Waals surface area contributed by atoms with Crippen LogP contribution < -0.4 is 5.32 Å². The van der Waals surface area contributed by atoms with Crippen LogP contribution in [0.5, 0.6) is 0 Å². The molecule has 3 heterocycles. The average Bonchev–Trinajstić information content (AvgIpc) is 2.68. The number of pyridine rings is 1. The van der Waals surface area contributed by atoms with Gasteiger partial charge in [-0.2, -0.15) is 0 Å². The summed E-state index contributed by atoms with van der Waals surface area (Å²) in [6.45, 7) is 3.35. The molecule has 2 aliphatic heterocycles. The Morgan fingerprint density at radius 3 is 2.68 bits per heavy atom. The topological polar surface area (TPSA) is 28.2 Å². The summed E-state index contributed by atoms with van der Waals surface area (Å²) >= 11 is 0. The monoisotopic (exact) mass is 259 g/mol. The Bertz CT molecular complexity index is 392. The van der Waals surface area contributed by atoms with Crippen molar-refractivity contribution in [1.29, 1.82) is 0 Å². The van der Waals surface area contributed by atoms with Crippen molar-refractivity contribution < 1.29 is 0 Å². The van der Waals surface area contributed by atoms with Crippen molar-refractivity contribution in [2.75, 3.05) is 13.6 Å². The molecule has 1 aromatic rings. The van der Waals surface area contributed by atoms with E-state index in [1.54, 1.807) is 0 Å². The van der Waals surface area contributed by atoms with Crippen LogP contribution in [0.2, 0.25) is 0 Å². The summed E-state index contributed by atoms with van der Waals surface area (Å²) in [6.07, 6.45) is 7.44. The predicted octanol–water partition coefficient (Wildman–Crippen LogP) is 2.61. The van der Waals surface area contributed by atoms with Gasteiger partial charge in [-0.1, -0.05) is 6.07 Å². The van der Waals surface area contributed by atoms with E-state index in [4.69, 9.17) is 0 Å². The van der Waals surface area contributed by atoms with Gasteiger partial charge in [-0.25, -0.2) is 0 Å². The van der Waals surface area contributed by atoms with Crippen LogP contribution in [0, 0.1) is 5.92 Å². The lowest BCUT2D eigenvalue weighted by atomic mass is 9.91. The van der Waals surface area contributed by atoms with E-state index in [0.29, 0.717) is 6.04 Å². The van der Waals surface area contributed by atoms with E-state index >= 15 is 0 Å². The van der Waals surface area contributed by atoms with Crippen molar-refractivity contribution in [2.24, 2.45) is 5.92 Å². The zero-order valence-electron chi connectivity index (χ0n) is 12.0. The number of piperidine rings is 1. The first-order valence-electron chi connectivity index (χ1n) is 7.60. The molecule has 19 heavy (non-hydrogen) atoms. The molecule has 0 aromatic carbocycles. The van der Waals surface area contributed by atoms with E-state index in [9.17, 15) is 0 Å². The molecule has 0 spiro atoms. The molecule has 2 saturated heterocycles. The number of aromatic nitrogens is 1. The zero-order valence-corrected chi connectivity index (χ0v) is 12.0. The van der Waals surface area contributed by atoms with E-state index < -0.39 is 0 Å². The normalized spacial score (nSPS) is 32.4. The predicted molar refractivity (Wildman–Crippen MR) is 78.0 cm³/mol. The Balaban J connectivity index is 1.51. The molecule has 0 amide bonds. The minimum Gasteiger partial charge on any atom is -0.309 e. The van der Waals surface area contributed by atoms with Crippen LogP contribution in [-0.2, 0) is 0 Å². The maximum absolute atomic E-state index is 4.43. The summed E-state index contributed by atoms with van der Waals surface area (Å²) < 4.78 is 0. The molecule has 1 N–H and O–H groups in total. The van der Waals surface area contributed by atoms with Gasteiger partial charge in [-0.3, -0.25) is 4.98 Å². The van der Waals surface area contributed by atoms with E-state index in [1.165, 1.54) is 25.7 Å². The molecule has 104 valence electrons. The Morgan fingerprint density at radius 2 is 2.05 bits per heavy atom. The van der Waals surface area contributed by atoms with Gasteiger partial charge in [0.2, 0.25) is 0 Å². The second-order valence-corrected chi connectivity index (χ2v) is 6.27. The second kappa shape index (κ2) is 5.59. The van der Waals surface area contributed by atoms with Gasteiger partial charge in [0, 0.05) is 24.3 Å². The van der Waals surface area contributed by atoms with Crippen molar-refractivity contribution >= 4 is 0 Å². The van der Waals surface area contributed by atoms with Gasteiger partial charge in [0.25, 0.3) is 0 Å². The Hall–Kier alpha value is -0.930. The van der Waals surface area contributed by atoms with Crippen LogP contribution in [0.25, 0.3) is 0 Å². The van der Waals surface area contributed by atoms with Gasteiger partial charge in [-0.05, 0) is 64.3 Å². The first kappa shape index (κ1) is 13.1. The van der Waals surface area contributed by atoms with Gasteiger partial charge >= 0.3 is 0 Å². The first-order chi connectivity index (χ1) is 9.24. The van der Waals surface area contributed by atoms with Crippen LogP contribution in [0.1, 0.15) is 44.3 Å². The number of fused-ring (bicyclic) bond motifs is 2. The van der Waals surface area contributed by atoms with Crippen molar-refractivity contribution in [3.63, 3.8) is 0 Å². The van der Waals surface area contributed by atoms with Gasteiger partial charge in [0.15, 0.2) is 0 Å². The van der Waals surface area contributed by atoms with Crippen molar-refractivity contribution in [3.05, 3.63) is 30.1 Å². The molecular formula is C16H25N3. The summed E-state index contributed by atoms with van der Waals surface area (Å²) in [5, 5.41) is 3.67. The molecule has 1 aromatic heterocycles. The average molecular weight is 259 g/mol. The lowest BCUT2D eigenvalue weighted by molar-refractivity contribution is 0.131. The first-order valence-corrected chi connectivity index (χ1v) is 7.60. The number of nitrogens with zero attached hydrogens (tertiary/aromatic N) is 2. The molecule has 0 saturated carbocycles. The quantitative estimate of drug-likeness (QED) is 0.901. The fraction of sp³-hybridized carbons (Fsp3) is 0.688. The van der Waals surface area contributed by atoms with Crippen LogP contribution in [0.4, 0.5) is 0 Å². The van der Waals surface area contributed by atoms with E-state index in [2.05, 4.69) is 41.3 Å². The third kappa shape index (κ3) is 2.82. The van der Waals surface area contributed by atoms with Crippen LogP contribution in [0.15, 0.2) is 24.4 Å². The molecular weight excluding hydrogens is 234 g/mol. The maximum Gasteiger partial charge on any atom is 0.0570 e. The second-order valence-electron chi connectivity index (χ2n) is 6.27. The highest BCUT2D eigenvalue weighted by Gasteiger charge is 2.38. The Labute approximate surface area is 116 Å². The summed E-state index contributed by atoms with van der Waals surface area (Å²) in [4.78, 5) is 7.04. The largest absolute Gasteiger partial charge is 0.309 e. The number of nitrogens with one attached hydrogen (secondary N) is 1. The Kier molecular flexibility index (Phi) is 3.85. The summed E-state index contributed by atoms with van der Waals surface area (Å²) in [5.74, 6) is 0.847. The molecule has 2 fully saturated rings. The summed E-state index contributed by atoms with van der Waals surface area (Å²) in [7, 11) is 2.31. The minimum absolute atomic E-state index is 0.360. The van der Waals surface area contributed by atoms with Crippen molar-refractivity contribution in [3.8, 4) is 0 Å². The molecule has 3 nitrogen and oxygen atoms in total. The molecule has 3 unspecified atom stereocenters. The third-order valence-corrected chi connectivity index (χ3v) is 5.04. The minimum atomic E-state index is 0.360. The molecule has 0 radical (unpaired) electrons. The zero-order chi connectivity index (χ0) is 13.2. The molecule has 0 aliphatic carbocycles. The highest BCUT2D eigenvalue weighted by molar-refractivity contribution is 5.07. The highest BCUT2D eigenvalue weighted by Crippen LogP contribution is 2.37. The standard InChI is InChI=1S/C16H25N3/c1-12(16-5-3-4-8-17-16)18-11-13-9-14-6-7-15(10-13)19(14)2/h3-5,8,12-15,18H,6-7,9-11H2,1-2H3. The molecule has 2 aliphatic rings. The third-order valence-electron chi connectivity index (χ3n) is 5.04. The fourth-order valence-corrected chi connectivity index (χ4v) is 3.77.